The van der Waals surface area contributed by atoms with Gasteiger partial charge < -0.3 is 30.5 Å². The van der Waals surface area contributed by atoms with Gasteiger partial charge in [0.15, 0.2) is 9.84 Å². The monoisotopic (exact) mass is 665 g/mol. The molecule has 0 aliphatic carbocycles. The van der Waals surface area contributed by atoms with E-state index in [9.17, 15) is 32.7 Å². The van der Waals surface area contributed by atoms with Gasteiger partial charge in [0.05, 0.1) is 35.4 Å². The predicted molar refractivity (Wildman–Crippen MR) is 169 cm³/mol. The van der Waals surface area contributed by atoms with Gasteiger partial charge in [-0.15, -0.1) is 11.8 Å². The smallest absolute Gasteiger partial charge is 0.408 e. The van der Waals surface area contributed by atoms with E-state index in [-0.39, 0.29) is 23.3 Å². The average Bonchev–Trinajstić information content (AvgIpc) is 2.96. The zero-order valence-corrected chi connectivity index (χ0v) is 27.2. The summed E-state index contributed by atoms with van der Waals surface area (Å²) in [5.41, 5.74) is 0.874. The number of carbonyl (C=O) groups excluding carboxylic acids is 4. The van der Waals surface area contributed by atoms with Crippen molar-refractivity contribution in [2.24, 2.45) is 10.2 Å². The fourth-order valence-corrected chi connectivity index (χ4v) is 5.44. The minimum absolute atomic E-state index is 0.0594. The van der Waals surface area contributed by atoms with E-state index in [1.807, 2.05) is 18.2 Å². The van der Waals surface area contributed by atoms with E-state index >= 15 is 0 Å². The number of esters is 1. The summed E-state index contributed by atoms with van der Waals surface area (Å²) in [7, 11) is -3.69. The first kappa shape index (κ1) is 37.2. The Morgan fingerprint density at radius 3 is 2.13 bits per heavy atom. The highest BCUT2D eigenvalue weighted by atomic mass is 32.2. The van der Waals surface area contributed by atoms with Crippen LogP contribution in [0.2, 0.25) is 0 Å². The van der Waals surface area contributed by atoms with Crippen molar-refractivity contribution in [2.45, 2.75) is 51.1 Å². The Bertz CT molecular complexity index is 1410. The van der Waals surface area contributed by atoms with E-state index in [1.165, 1.54) is 6.92 Å². The minimum atomic E-state index is -3.69. The fraction of sp³-hybridized carbons (Fsp3) is 0.448. The van der Waals surface area contributed by atoms with Crippen molar-refractivity contribution < 1.29 is 42.2 Å². The number of sulfone groups is 1. The molecular weight excluding hydrogens is 626 g/mol. The summed E-state index contributed by atoms with van der Waals surface area (Å²) in [5, 5.41) is 25.0. The molecule has 2 rings (SSSR count). The largest absolute Gasteiger partial charge is 0.463 e. The molecule has 0 unspecified atom stereocenters. The zero-order valence-electron chi connectivity index (χ0n) is 25.5. The van der Waals surface area contributed by atoms with E-state index in [0.29, 0.717) is 16.9 Å². The number of amides is 3. The molecule has 0 fully saturated rings. The SMILES string of the molecule is CC(=O)NCSC[C@H](NC(=O)[C@H](CO)NC(=O)OC(C)(C)C)C(=O)OCCS(=O)(=O)Cc1ccc(N=Nc2ccccc2)cc1. The van der Waals surface area contributed by atoms with Crippen LogP contribution in [0.5, 0.6) is 0 Å². The van der Waals surface area contributed by atoms with Crippen molar-refractivity contribution in [1.82, 2.24) is 16.0 Å². The molecular formula is C29H39N5O9S2. The van der Waals surface area contributed by atoms with Gasteiger partial charge in [0.1, 0.15) is 24.3 Å². The Labute approximate surface area is 266 Å². The number of hydrogen-bond donors (Lipinski definition) is 4. The third-order valence-electron chi connectivity index (χ3n) is 5.50. The topological polar surface area (TPSA) is 202 Å². The van der Waals surface area contributed by atoms with Crippen molar-refractivity contribution in [2.75, 3.05) is 30.6 Å². The lowest BCUT2D eigenvalue weighted by Crippen LogP contribution is -2.54. The van der Waals surface area contributed by atoms with Crippen LogP contribution in [-0.4, -0.2) is 85.7 Å². The van der Waals surface area contributed by atoms with E-state index in [4.69, 9.17) is 9.47 Å². The Morgan fingerprint density at radius 2 is 1.56 bits per heavy atom. The number of hydrogen-bond acceptors (Lipinski definition) is 12. The Morgan fingerprint density at radius 1 is 0.933 bits per heavy atom. The third kappa shape index (κ3) is 15.5. The number of rotatable bonds is 16. The van der Waals surface area contributed by atoms with Crippen molar-refractivity contribution in [3.8, 4) is 0 Å². The highest BCUT2D eigenvalue weighted by molar-refractivity contribution is 7.99. The fourth-order valence-electron chi connectivity index (χ4n) is 3.38. The molecule has 2 aromatic carbocycles. The quantitative estimate of drug-likeness (QED) is 0.0894. The molecule has 2 atom stereocenters. The van der Waals surface area contributed by atoms with Gasteiger partial charge in [-0.3, -0.25) is 9.59 Å². The molecule has 16 heteroatoms. The summed E-state index contributed by atoms with van der Waals surface area (Å²) < 4.78 is 35.7. The standard InChI is InChI=1S/C29H39N5O9S2/c1-20(36)30-19-44-17-25(31-26(37)24(16-35)32-28(39)43-29(2,3)4)27(38)42-14-15-45(40,41)18-21-10-12-23(13-11-21)34-33-22-8-6-5-7-9-22/h5-13,24-25,35H,14-19H2,1-4H3,(H,30,36)(H,31,37)(H,32,39)/t24-,25-/m0/s1. The van der Waals surface area contributed by atoms with E-state index in [2.05, 4.69) is 26.2 Å². The zero-order chi connectivity index (χ0) is 33.5. The summed E-state index contributed by atoms with van der Waals surface area (Å²) in [6.45, 7) is 4.91. The first-order valence-corrected chi connectivity index (χ1v) is 16.8. The number of carbonyl (C=O) groups is 4. The molecule has 0 bridgehead atoms. The maximum Gasteiger partial charge on any atom is 0.408 e. The lowest BCUT2D eigenvalue weighted by atomic mass is 10.2. The lowest BCUT2D eigenvalue weighted by Gasteiger charge is -2.24. The van der Waals surface area contributed by atoms with Crippen LogP contribution in [0.4, 0.5) is 16.2 Å². The lowest BCUT2D eigenvalue weighted by molar-refractivity contribution is -0.146. The van der Waals surface area contributed by atoms with E-state index < -0.39 is 64.5 Å². The molecule has 0 spiro atoms. The summed E-state index contributed by atoms with van der Waals surface area (Å²) in [5.74, 6) is -2.86. The van der Waals surface area contributed by atoms with E-state index in [0.717, 1.165) is 11.8 Å². The second-order valence-electron chi connectivity index (χ2n) is 10.7. The Hall–Kier alpha value is -4.02. The Balaban J connectivity index is 1.95. The normalized spacial score (nSPS) is 13.0. The number of nitrogens with one attached hydrogen (secondary N) is 3. The van der Waals surface area contributed by atoms with Gasteiger partial charge in [-0.05, 0) is 50.6 Å². The summed E-state index contributed by atoms with van der Waals surface area (Å²) >= 11 is 1.09. The minimum Gasteiger partial charge on any atom is -0.463 e. The number of azo groups is 1. The maximum atomic E-state index is 12.8. The third-order valence-corrected chi connectivity index (χ3v) is 7.98. The van der Waals surface area contributed by atoms with Crippen LogP contribution in [0.25, 0.3) is 0 Å². The van der Waals surface area contributed by atoms with Crippen molar-refractivity contribution in [3.63, 3.8) is 0 Å². The molecule has 246 valence electrons. The molecule has 45 heavy (non-hydrogen) atoms. The first-order valence-electron chi connectivity index (χ1n) is 13.8. The van der Waals surface area contributed by atoms with Crippen LogP contribution in [0, 0.1) is 0 Å². The molecule has 0 heterocycles. The van der Waals surface area contributed by atoms with Crippen LogP contribution in [0.3, 0.4) is 0 Å². The molecule has 0 aliphatic rings. The maximum absolute atomic E-state index is 12.8. The van der Waals surface area contributed by atoms with Crippen LogP contribution in [0.15, 0.2) is 64.8 Å². The van der Waals surface area contributed by atoms with Crippen molar-refractivity contribution >= 4 is 56.9 Å². The first-order chi connectivity index (χ1) is 21.2. The molecule has 0 aliphatic heterocycles. The molecule has 3 amide bonds. The van der Waals surface area contributed by atoms with Gasteiger partial charge >= 0.3 is 12.1 Å². The number of aliphatic hydroxyl groups is 1. The van der Waals surface area contributed by atoms with Crippen LogP contribution in [0.1, 0.15) is 33.3 Å². The number of ether oxygens (including phenoxy) is 2. The molecule has 14 nitrogen and oxygen atoms in total. The molecule has 0 saturated heterocycles. The number of benzene rings is 2. The predicted octanol–water partition coefficient (Wildman–Crippen LogP) is 2.76. The van der Waals surface area contributed by atoms with Gasteiger partial charge in [0.2, 0.25) is 11.8 Å². The van der Waals surface area contributed by atoms with Crippen LogP contribution in [-0.2, 0) is 39.4 Å². The number of aliphatic hydroxyl groups excluding tert-OH is 1. The van der Waals surface area contributed by atoms with Gasteiger partial charge in [0.25, 0.3) is 0 Å². The van der Waals surface area contributed by atoms with Gasteiger partial charge in [-0.2, -0.15) is 10.2 Å². The molecule has 0 aromatic heterocycles. The second-order valence-corrected chi connectivity index (χ2v) is 13.9. The van der Waals surface area contributed by atoms with Gasteiger partial charge in [0, 0.05) is 12.7 Å². The molecule has 2 aromatic rings. The van der Waals surface area contributed by atoms with Gasteiger partial charge in [-0.1, -0.05) is 30.3 Å². The number of alkyl carbamates (subject to hydrolysis) is 1. The average molecular weight is 666 g/mol. The second kappa shape index (κ2) is 18.1. The summed E-state index contributed by atoms with van der Waals surface area (Å²) in [4.78, 5) is 48.8. The van der Waals surface area contributed by atoms with Crippen LogP contribution < -0.4 is 16.0 Å². The Kier molecular flexibility index (Phi) is 14.9. The van der Waals surface area contributed by atoms with Crippen molar-refractivity contribution in [3.05, 3.63) is 60.2 Å². The van der Waals surface area contributed by atoms with E-state index in [1.54, 1.807) is 57.2 Å². The van der Waals surface area contributed by atoms with Gasteiger partial charge in [-0.25, -0.2) is 18.0 Å². The van der Waals surface area contributed by atoms with Crippen molar-refractivity contribution in [1.29, 1.82) is 0 Å². The summed E-state index contributed by atoms with van der Waals surface area (Å²) in [6.07, 6.45) is -0.952. The summed E-state index contributed by atoms with van der Waals surface area (Å²) in [6, 6.07) is 12.9. The highest BCUT2D eigenvalue weighted by Gasteiger charge is 2.29. The highest BCUT2D eigenvalue weighted by Crippen LogP contribution is 2.19. The van der Waals surface area contributed by atoms with Crippen LogP contribution >= 0.6 is 11.8 Å². The molecule has 0 saturated carbocycles. The molecule has 0 radical (unpaired) electrons. The number of thioether (sulfide) groups is 1. The molecule has 4 N–H and O–H groups in total. The number of nitrogens with zero attached hydrogens (tertiary/aromatic N) is 2.